The number of piperidine rings is 1. The second-order valence-corrected chi connectivity index (χ2v) is 8.41. The molecule has 4 heterocycles. The van der Waals surface area contributed by atoms with Crippen LogP contribution in [0.3, 0.4) is 0 Å². The summed E-state index contributed by atoms with van der Waals surface area (Å²) in [4.78, 5) is 11.2. The molecule has 6 heteroatoms. The van der Waals surface area contributed by atoms with Crippen LogP contribution in [0.1, 0.15) is 40.0 Å². The van der Waals surface area contributed by atoms with Crippen molar-refractivity contribution in [1.29, 1.82) is 0 Å². The lowest BCUT2D eigenvalue weighted by Crippen LogP contribution is -2.42. The average molecular weight is 367 g/mol. The zero-order valence-corrected chi connectivity index (χ0v) is 16.2. The van der Waals surface area contributed by atoms with Gasteiger partial charge in [0.15, 0.2) is 11.5 Å². The molecule has 0 amide bonds. The van der Waals surface area contributed by atoms with Crippen molar-refractivity contribution in [2.24, 2.45) is 11.3 Å². The molecule has 0 spiro atoms. The molecule has 142 valence electrons. The summed E-state index contributed by atoms with van der Waals surface area (Å²) < 4.78 is 14.6. The van der Waals surface area contributed by atoms with Gasteiger partial charge in [-0.2, -0.15) is 5.10 Å². The van der Waals surface area contributed by atoms with Crippen molar-refractivity contribution in [1.82, 2.24) is 20.2 Å². The van der Waals surface area contributed by atoms with Crippen LogP contribution in [0.4, 0.5) is 10.2 Å². The maximum Gasteiger partial charge on any atom is 0.181 e. The third-order valence-electron chi connectivity index (χ3n) is 5.40. The van der Waals surface area contributed by atoms with E-state index < -0.39 is 0 Å². The summed E-state index contributed by atoms with van der Waals surface area (Å²) in [5, 5.41) is 7.87. The highest BCUT2D eigenvalue weighted by atomic mass is 19.1. The van der Waals surface area contributed by atoms with Gasteiger partial charge >= 0.3 is 0 Å². The largest absolute Gasteiger partial charge is 0.356 e. The van der Waals surface area contributed by atoms with E-state index in [1.807, 2.05) is 12.1 Å². The van der Waals surface area contributed by atoms with Crippen molar-refractivity contribution in [2.45, 2.75) is 40.0 Å². The Labute approximate surface area is 159 Å². The van der Waals surface area contributed by atoms with Gasteiger partial charge in [-0.25, -0.2) is 14.4 Å². The van der Waals surface area contributed by atoms with E-state index in [0.717, 1.165) is 30.7 Å². The molecule has 0 radical (unpaired) electrons. The van der Waals surface area contributed by atoms with Crippen LogP contribution in [0.2, 0.25) is 0 Å². The summed E-state index contributed by atoms with van der Waals surface area (Å²) in [7, 11) is 0. The Bertz CT molecular complexity index is 951. The van der Waals surface area contributed by atoms with Gasteiger partial charge < -0.3 is 4.90 Å². The van der Waals surface area contributed by atoms with Crippen LogP contribution < -0.4 is 4.90 Å². The first kappa shape index (κ1) is 17.9. The maximum absolute atomic E-state index is 14.6. The van der Waals surface area contributed by atoms with E-state index in [1.165, 1.54) is 18.9 Å². The average Bonchev–Trinajstić information content (AvgIpc) is 3.05. The van der Waals surface area contributed by atoms with Gasteiger partial charge in [-0.05, 0) is 54.9 Å². The lowest BCUT2D eigenvalue weighted by atomic mass is 9.76. The first-order valence-corrected chi connectivity index (χ1v) is 9.66. The van der Waals surface area contributed by atoms with Gasteiger partial charge in [-0.1, -0.05) is 20.8 Å². The number of nitrogens with one attached hydrogen (secondary N) is 1. The summed E-state index contributed by atoms with van der Waals surface area (Å²) in [6.45, 7) is 8.81. The SMILES string of the molecule is CC(C)CC1(C)CCCN(c2ccc(F)c(-c3[nH]nc4ncccc34)n2)C1. The van der Waals surface area contributed by atoms with Crippen LogP contribution in [0.15, 0.2) is 30.5 Å². The molecular weight excluding hydrogens is 341 g/mol. The minimum Gasteiger partial charge on any atom is -0.356 e. The molecule has 3 aromatic heterocycles. The number of hydrogen-bond donors (Lipinski definition) is 1. The van der Waals surface area contributed by atoms with E-state index in [4.69, 9.17) is 0 Å². The molecule has 1 saturated heterocycles. The number of fused-ring (bicyclic) bond motifs is 1. The summed E-state index contributed by atoms with van der Waals surface area (Å²) in [5.41, 5.74) is 1.73. The molecule has 1 unspecified atom stereocenters. The molecule has 4 rings (SSSR count). The monoisotopic (exact) mass is 367 g/mol. The first-order valence-electron chi connectivity index (χ1n) is 9.66. The molecule has 0 aromatic carbocycles. The van der Waals surface area contributed by atoms with Crippen LogP contribution in [0.25, 0.3) is 22.4 Å². The molecule has 0 aliphatic carbocycles. The van der Waals surface area contributed by atoms with Gasteiger partial charge in [-0.3, -0.25) is 5.10 Å². The van der Waals surface area contributed by atoms with Crippen LogP contribution in [0, 0.1) is 17.2 Å². The second kappa shape index (κ2) is 6.91. The quantitative estimate of drug-likeness (QED) is 0.719. The number of rotatable bonds is 4. The number of halogens is 1. The third-order valence-corrected chi connectivity index (χ3v) is 5.40. The van der Waals surface area contributed by atoms with Crippen molar-refractivity contribution in [3.8, 4) is 11.4 Å². The van der Waals surface area contributed by atoms with Crippen molar-refractivity contribution in [3.63, 3.8) is 0 Å². The molecule has 3 aromatic rings. The number of aromatic nitrogens is 4. The number of H-pyrrole nitrogens is 1. The minimum atomic E-state index is -0.352. The van der Waals surface area contributed by atoms with Gasteiger partial charge in [-0.15, -0.1) is 0 Å². The van der Waals surface area contributed by atoms with Crippen molar-refractivity contribution in [3.05, 3.63) is 36.3 Å². The Balaban J connectivity index is 1.68. The zero-order valence-electron chi connectivity index (χ0n) is 16.2. The van der Waals surface area contributed by atoms with Crippen LogP contribution in [-0.4, -0.2) is 33.3 Å². The van der Waals surface area contributed by atoms with E-state index in [-0.39, 0.29) is 11.2 Å². The van der Waals surface area contributed by atoms with Crippen LogP contribution in [0.5, 0.6) is 0 Å². The van der Waals surface area contributed by atoms with E-state index in [0.29, 0.717) is 23.0 Å². The predicted octanol–water partition coefficient (Wildman–Crippen LogP) is 4.81. The second-order valence-electron chi connectivity index (χ2n) is 8.41. The standard InChI is InChI=1S/C21H26FN5/c1-14(2)12-21(3)9-5-11-27(13-21)17-8-7-16(22)19(24-17)18-15-6-4-10-23-20(15)26-25-18/h4,6-8,10,14H,5,9,11-13H2,1-3H3,(H,23,25,26). The number of anilines is 1. The Morgan fingerprint density at radius 2 is 2.15 bits per heavy atom. The molecule has 0 bridgehead atoms. The lowest BCUT2D eigenvalue weighted by Gasteiger charge is -2.42. The fourth-order valence-corrected chi connectivity index (χ4v) is 4.48. The summed E-state index contributed by atoms with van der Waals surface area (Å²) in [5.74, 6) is 1.14. The molecule has 1 atom stereocenters. The number of aromatic amines is 1. The molecule has 27 heavy (non-hydrogen) atoms. The third kappa shape index (κ3) is 3.53. The summed E-state index contributed by atoms with van der Waals surface area (Å²) in [6.07, 6.45) is 5.23. The van der Waals surface area contributed by atoms with E-state index in [9.17, 15) is 4.39 Å². The fraction of sp³-hybridized carbons (Fsp3) is 0.476. The van der Waals surface area contributed by atoms with E-state index >= 15 is 0 Å². The van der Waals surface area contributed by atoms with E-state index in [1.54, 1.807) is 12.3 Å². The predicted molar refractivity (Wildman–Crippen MR) is 106 cm³/mol. The minimum absolute atomic E-state index is 0.271. The Morgan fingerprint density at radius 1 is 1.30 bits per heavy atom. The van der Waals surface area contributed by atoms with Crippen molar-refractivity contribution >= 4 is 16.9 Å². The molecule has 5 nitrogen and oxygen atoms in total. The molecule has 1 N–H and O–H groups in total. The lowest BCUT2D eigenvalue weighted by molar-refractivity contribution is 0.211. The van der Waals surface area contributed by atoms with Crippen LogP contribution in [-0.2, 0) is 0 Å². The Kier molecular flexibility index (Phi) is 4.58. The van der Waals surface area contributed by atoms with Gasteiger partial charge in [0, 0.05) is 24.7 Å². The first-order chi connectivity index (χ1) is 13.0. The molecular formula is C21H26FN5. The smallest absolute Gasteiger partial charge is 0.181 e. The number of hydrogen-bond acceptors (Lipinski definition) is 4. The maximum atomic E-state index is 14.6. The molecule has 0 saturated carbocycles. The Morgan fingerprint density at radius 3 is 2.96 bits per heavy atom. The van der Waals surface area contributed by atoms with Gasteiger partial charge in [0.25, 0.3) is 0 Å². The molecule has 1 fully saturated rings. The molecule has 1 aliphatic heterocycles. The topological polar surface area (TPSA) is 57.7 Å². The van der Waals surface area contributed by atoms with Crippen LogP contribution >= 0.6 is 0 Å². The van der Waals surface area contributed by atoms with Gasteiger partial charge in [0.2, 0.25) is 0 Å². The normalized spacial score (nSPS) is 20.6. The van der Waals surface area contributed by atoms with Crippen molar-refractivity contribution < 1.29 is 4.39 Å². The Hall–Kier alpha value is -2.50. The van der Waals surface area contributed by atoms with Gasteiger partial charge in [0.05, 0.1) is 5.69 Å². The number of pyridine rings is 2. The fourth-order valence-electron chi connectivity index (χ4n) is 4.48. The number of nitrogens with zero attached hydrogens (tertiary/aromatic N) is 4. The van der Waals surface area contributed by atoms with E-state index in [2.05, 4.69) is 45.8 Å². The molecule has 1 aliphatic rings. The summed E-state index contributed by atoms with van der Waals surface area (Å²) in [6, 6.07) is 7.01. The van der Waals surface area contributed by atoms with Crippen molar-refractivity contribution in [2.75, 3.05) is 18.0 Å². The summed E-state index contributed by atoms with van der Waals surface area (Å²) >= 11 is 0. The highest BCUT2D eigenvalue weighted by Gasteiger charge is 2.32. The zero-order chi connectivity index (χ0) is 19.0. The highest BCUT2D eigenvalue weighted by molar-refractivity contribution is 5.89. The highest BCUT2D eigenvalue weighted by Crippen LogP contribution is 2.37. The van der Waals surface area contributed by atoms with Gasteiger partial charge in [0.1, 0.15) is 11.5 Å².